The van der Waals surface area contributed by atoms with E-state index >= 15 is 0 Å². The summed E-state index contributed by atoms with van der Waals surface area (Å²) in [5.74, 6) is -1.73. The van der Waals surface area contributed by atoms with Crippen LogP contribution in [-0.2, 0) is 23.6 Å². The number of hydrogen-bond donors (Lipinski definition) is 2. The topological polar surface area (TPSA) is 110 Å². The molecule has 0 aliphatic carbocycles. The van der Waals surface area contributed by atoms with Crippen molar-refractivity contribution in [2.24, 2.45) is 0 Å². The Morgan fingerprint density at radius 2 is 1.60 bits per heavy atom. The molecule has 7 nitrogen and oxygen atoms in total. The summed E-state index contributed by atoms with van der Waals surface area (Å²) in [6.07, 6.45) is 1.25. The van der Waals surface area contributed by atoms with Gasteiger partial charge in [0.25, 0.3) is 0 Å². The van der Waals surface area contributed by atoms with E-state index in [1.165, 1.54) is 13.8 Å². The Labute approximate surface area is 118 Å². The molecule has 0 rings (SSSR count). The van der Waals surface area contributed by atoms with E-state index in [1.54, 1.807) is 13.8 Å². The fourth-order valence-corrected chi connectivity index (χ4v) is 2.53. The second-order valence-electron chi connectivity index (χ2n) is 4.44. The van der Waals surface area contributed by atoms with Gasteiger partial charge in [0.05, 0.1) is 6.10 Å². The summed E-state index contributed by atoms with van der Waals surface area (Å²) in [6.45, 7) is 6.31. The highest BCUT2D eigenvalue weighted by Crippen LogP contribution is 2.55. The van der Waals surface area contributed by atoms with E-state index in [4.69, 9.17) is 9.47 Å². The molecule has 0 fully saturated rings. The second-order valence-corrected chi connectivity index (χ2v) is 6.34. The average Bonchev–Trinajstić information content (AvgIpc) is 2.31. The molecule has 0 saturated heterocycles. The predicted molar refractivity (Wildman–Crippen MR) is 71.8 cm³/mol. The van der Waals surface area contributed by atoms with Crippen LogP contribution in [0.5, 0.6) is 0 Å². The fourth-order valence-electron chi connectivity index (χ4n) is 1.49. The molecule has 0 spiro atoms. The van der Waals surface area contributed by atoms with Gasteiger partial charge in [-0.05, 0) is 26.7 Å². The second kappa shape index (κ2) is 7.57. The Morgan fingerprint density at radius 1 is 1.15 bits per heavy atom. The van der Waals surface area contributed by atoms with Gasteiger partial charge in [0.1, 0.15) is 0 Å². The molecule has 0 bridgehead atoms. The van der Waals surface area contributed by atoms with Gasteiger partial charge < -0.3 is 19.3 Å². The molecule has 0 heterocycles. The summed E-state index contributed by atoms with van der Waals surface area (Å²) >= 11 is 0. The lowest BCUT2D eigenvalue weighted by Crippen LogP contribution is -2.33. The van der Waals surface area contributed by atoms with E-state index < -0.39 is 24.9 Å². The monoisotopic (exact) mass is 308 g/mol. The first kappa shape index (κ1) is 18.8. The fraction of sp³-hybridized carbons (Fsp3) is 0.667. The first-order valence-electron chi connectivity index (χ1n) is 6.25. The summed E-state index contributed by atoms with van der Waals surface area (Å²) in [4.78, 5) is 41.3. The standard InChI is InChI=1S/C12H21O7P/c1-5-12(6-2,20(15,16)17)19-11(14)8-7-10(13)18-9(3)4/h7-9H,5-6H2,1-4H3,(H2,15,16,17)/b8-7+. The highest BCUT2D eigenvalue weighted by molar-refractivity contribution is 7.53. The molecule has 0 radical (unpaired) electrons. The zero-order valence-electron chi connectivity index (χ0n) is 12.0. The Kier molecular flexibility index (Phi) is 7.13. The minimum absolute atomic E-state index is 0.0379. The van der Waals surface area contributed by atoms with Crippen molar-refractivity contribution in [2.75, 3.05) is 0 Å². The van der Waals surface area contributed by atoms with Gasteiger partial charge in [0.15, 0.2) is 0 Å². The SMILES string of the molecule is CCC(CC)(OC(=O)/C=C/C(=O)OC(C)C)P(=O)(O)O. The summed E-state index contributed by atoms with van der Waals surface area (Å²) in [6, 6.07) is 0. The maximum atomic E-state index is 11.6. The molecule has 8 heteroatoms. The third kappa shape index (κ3) is 5.45. The molecule has 0 atom stereocenters. The molecule has 2 N–H and O–H groups in total. The highest BCUT2D eigenvalue weighted by Gasteiger charge is 2.47. The zero-order chi connectivity index (χ0) is 16.0. The van der Waals surface area contributed by atoms with E-state index in [0.717, 1.165) is 12.2 Å². The number of ether oxygens (including phenoxy) is 2. The lowest BCUT2D eigenvalue weighted by atomic mass is 10.2. The molecular formula is C12H21O7P. The number of carbonyl (C=O) groups is 2. The molecular weight excluding hydrogens is 287 g/mol. The van der Waals surface area contributed by atoms with Crippen molar-refractivity contribution < 1.29 is 33.4 Å². The number of carbonyl (C=O) groups excluding carboxylic acids is 2. The molecule has 20 heavy (non-hydrogen) atoms. The van der Waals surface area contributed by atoms with E-state index in [-0.39, 0.29) is 18.9 Å². The van der Waals surface area contributed by atoms with Crippen molar-refractivity contribution in [1.29, 1.82) is 0 Å². The van der Waals surface area contributed by atoms with Crippen molar-refractivity contribution in [2.45, 2.75) is 52.0 Å². The van der Waals surface area contributed by atoms with E-state index in [0.29, 0.717) is 0 Å². The number of rotatable bonds is 7. The van der Waals surface area contributed by atoms with Crippen molar-refractivity contribution in [3.8, 4) is 0 Å². The van der Waals surface area contributed by atoms with Gasteiger partial charge >= 0.3 is 19.5 Å². The molecule has 0 aromatic rings. The van der Waals surface area contributed by atoms with Gasteiger partial charge in [-0.1, -0.05) is 13.8 Å². The normalized spacial score (nSPS) is 12.8. The lowest BCUT2D eigenvalue weighted by molar-refractivity contribution is -0.149. The van der Waals surface area contributed by atoms with Gasteiger partial charge in [0, 0.05) is 12.2 Å². The first-order valence-corrected chi connectivity index (χ1v) is 7.86. The van der Waals surface area contributed by atoms with E-state index in [2.05, 4.69) is 0 Å². The van der Waals surface area contributed by atoms with Crippen LogP contribution in [0.4, 0.5) is 0 Å². The Morgan fingerprint density at radius 3 is 1.95 bits per heavy atom. The van der Waals surface area contributed by atoms with Crippen molar-refractivity contribution >= 4 is 19.5 Å². The van der Waals surface area contributed by atoms with Crippen LogP contribution in [0.1, 0.15) is 40.5 Å². The minimum atomic E-state index is -4.62. The highest BCUT2D eigenvalue weighted by atomic mass is 31.2. The molecule has 116 valence electrons. The molecule has 0 aliphatic heterocycles. The third-order valence-electron chi connectivity index (χ3n) is 2.63. The molecule has 0 aromatic carbocycles. The van der Waals surface area contributed by atoms with Crippen LogP contribution in [0.2, 0.25) is 0 Å². The summed E-state index contributed by atoms with van der Waals surface area (Å²) < 4.78 is 21.1. The van der Waals surface area contributed by atoms with E-state index in [1.807, 2.05) is 0 Å². The Hall–Kier alpha value is -1.17. The minimum Gasteiger partial charge on any atom is -0.460 e. The largest absolute Gasteiger partial charge is 0.460 e. The summed E-state index contributed by atoms with van der Waals surface area (Å²) in [5.41, 5.74) is 0. The van der Waals surface area contributed by atoms with Crippen LogP contribution in [0.3, 0.4) is 0 Å². The zero-order valence-corrected chi connectivity index (χ0v) is 12.9. The third-order valence-corrected chi connectivity index (χ3v) is 4.42. The maximum absolute atomic E-state index is 11.6. The molecule has 0 aliphatic rings. The van der Waals surface area contributed by atoms with Gasteiger partial charge in [-0.3, -0.25) is 4.57 Å². The van der Waals surface area contributed by atoms with Crippen molar-refractivity contribution in [1.82, 2.24) is 0 Å². The van der Waals surface area contributed by atoms with Gasteiger partial charge in [0.2, 0.25) is 5.34 Å². The number of esters is 2. The van der Waals surface area contributed by atoms with Crippen LogP contribution in [0.25, 0.3) is 0 Å². The smallest absolute Gasteiger partial charge is 0.368 e. The average molecular weight is 308 g/mol. The number of hydrogen-bond acceptors (Lipinski definition) is 5. The van der Waals surface area contributed by atoms with Crippen LogP contribution < -0.4 is 0 Å². The van der Waals surface area contributed by atoms with Crippen LogP contribution in [-0.4, -0.2) is 33.2 Å². The first-order chi connectivity index (χ1) is 9.08. The predicted octanol–water partition coefficient (Wildman–Crippen LogP) is 1.73. The van der Waals surface area contributed by atoms with Crippen LogP contribution in [0, 0.1) is 0 Å². The molecule has 0 aromatic heterocycles. The molecule has 0 saturated carbocycles. The Bertz CT molecular complexity index is 418. The lowest BCUT2D eigenvalue weighted by Gasteiger charge is -2.31. The van der Waals surface area contributed by atoms with E-state index in [9.17, 15) is 23.9 Å². The van der Waals surface area contributed by atoms with Gasteiger partial charge in [-0.2, -0.15) is 0 Å². The van der Waals surface area contributed by atoms with Crippen LogP contribution in [0.15, 0.2) is 12.2 Å². The van der Waals surface area contributed by atoms with Crippen molar-refractivity contribution in [3.05, 3.63) is 12.2 Å². The van der Waals surface area contributed by atoms with Gasteiger partial charge in [-0.15, -0.1) is 0 Å². The quantitative estimate of drug-likeness (QED) is 0.418. The molecule has 0 amide bonds. The molecule has 0 unspecified atom stereocenters. The Balaban J connectivity index is 4.85. The maximum Gasteiger partial charge on any atom is 0.368 e. The van der Waals surface area contributed by atoms with Crippen molar-refractivity contribution in [3.63, 3.8) is 0 Å². The van der Waals surface area contributed by atoms with Gasteiger partial charge in [-0.25, -0.2) is 9.59 Å². The van der Waals surface area contributed by atoms with Crippen LogP contribution >= 0.6 is 7.60 Å². The summed E-state index contributed by atoms with van der Waals surface area (Å²) in [5, 5.41) is -1.86. The summed E-state index contributed by atoms with van der Waals surface area (Å²) in [7, 11) is -4.62.